The second-order valence-electron chi connectivity index (χ2n) is 8.95. The predicted octanol–water partition coefficient (Wildman–Crippen LogP) is 7.38. The van der Waals surface area contributed by atoms with E-state index in [0.717, 1.165) is 17.7 Å². The molecule has 0 aromatic heterocycles. The summed E-state index contributed by atoms with van der Waals surface area (Å²) in [4.78, 5) is 0. The lowest BCUT2D eigenvalue weighted by atomic mass is 9.99. The maximum absolute atomic E-state index is 7.07. The van der Waals surface area contributed by atoms with Crippen molar-refractivity contribution >= 4 is 8.32 Å². The zero-order valence-electron chi connectivity index (χ0n) is 16.3. The maximum atomic E-state index is 7.07. The summed E-state index contributed by atoms with van der Waals surface area (Å²) in [5.41, 5.74) is 2.97. The molecule has 0 aromatic rings. The molecule has 2 heteroatoms. The van der Waals surface area contributed by atoms with Crippen molar-refractivity contribution in [2.24, 2.45) is 0 Å². The average Bonchev–Trinajstić information content (AvgIpc) is 2.57. The quantitative estimate of drug-likeness (QED) is 0.348. The normalized spacial score (nSPS) is 22.3. The molecule has 0 radical (unpaired) electrons. The summed E-state index contributed by atoms with van der Waals surface area (Å²) in [6.07, 6.45) is 15.6. The molecule has 2 fully saturated rings. The van der Waals surface area contributed by atoms with E-state index >= 15 is 0 Å². The highest BCUT2D eigenvalue weighted by molar-refractivity contribution is 6.79. The van der Waals surface area contributed by atoms with Crippen LogP contribution in [-0.4, -0.2) is 14.9 Å². The summed E-state index contributed by atoms with van der Waals surface area (Å²) < 4.78 is 7.07. The molecule has 0 unspecified atom stereocenters. The third-order valence-electron chi connectivity index (χ3n) is 6.92. The van der Waals surface area contributed by atoms with Gasteiger partial charge in [0.1, 0.15) is 0 Å². The maximum Gasteiger partial charge on any atom is 0.204 e. The smallest absolute Gasteiger partial charge is 0.204 e. The lowest BCUT2D eigenvalue weighted by Gasteiger charge is -2.55. The van der Waals surface area contributed by atoms with Crippen LogP contribution in [0.4, 0.5) is 0 Å². The molecule has 2 aliphatic rings. The molecule has 1 nitrogen and oxygen atoms in total. The van der Waals surface area contributed by atoms with Crippen LogP contribution in [0.5, 0.6) is 0 Å². The standard InChI is InChI=1S/C21H40OSi/c1-6-21(4,5)23(22-17-18(2)3,19-13-9-7-10-14-19)20-15-11-8-12-16-20/h19-20H,2,6-17H2,1,3-5H3. The largest absolute Gasteiger partial charge is 0.412 e. The van der Waals surface area contributed by atoms with Gasteiger partial charge in [0.2, 0.25) is 8.32 Å². The van der Waals surface area contributed by atoms with Gasteiger partial charge in [0.05, 0.1) is 6.61 Å². The first-order valence-corrected chi connectivity index (χ1v) is 12.3. The van der Waals surface area contributed by atoms with Crippen molar-refractivity contribution in [2.75, 3.05) is 6.61 Å². The molecule has 0 bridgehead atoms. The molecule has 0 heterocycles. The SMILES string of the molecule is C=C(C)CO[Si](C1CCCCC1)(C1CCCCC1)C(C)(C)CC. The molecular formula is C21H40OSi. The molecular weight excluding hydrogens is 296 g/mol. The Kier molecular flexibility index (Phi) is 6.97. The van der Waals surface area contributed by atoms with Gasteiger partial charge in [-0.05, 0) is 23.0 Å². The fraction of sp³-hybridized carbons (Fsp3) is 0.905. The second kappa shape index (κ2) is 8.34. The molecule has 0 N–H and O–H groups in total. The van der Waals surface area contributed by atoms with Crippen molar-refractivity contribution in [2.45, 2.75) is 114 Å². The van der Waals surface area contributed by atoms with Crippen LogP contribution in [0.1, 0.15) is 98.3 Å². The summed E-state index contributed by atoms with van der Waals surface area (Å²) in [5, 5.41) is 0.381. The van der Waals surface area contributed by atoms with Crippen LogP contribution in [-0.2, 0) is 4.43 Å². The number of rotatable bonds is 7. The first-order valence-electron chi connectivity index (χ1n) is 10.2. The Morgan fingerprint density at radius 2 is 1.39 bits per heavy atom. The van der Waals surface area contributed by atoms with E-state index in [-0.39, 0.29) is 0 Å². The Balaban J connectivity index is 2.39. The number of hydrogen-bond donors (Lipinski definition) is 0. The second-order valence-corrected chi connectivity index (χ2v) is 13.8. The highest BCUT2D eigenvalue weighted by atomic mass is 28.4. The van der Waals surface area contributed by atoms with Crippen molar-refractivity contribution < 1.29 is 4.43 Å². The van der Waals surface area contributed by atoms with Crippen molar-refractivity contribution in [3.05, 3.63) is 12.2 Å². The molecule has 2 aliphatic carbocycles. The van der Waals surface area contributed by atoms with Crippen LogP contribution in [0.25, 0.3) is 0 Å². The molecule has 0 atom stereocenters. The fourth-order valence-corrected chi connectivity index (χ4v) is 12.8. The summed E-state index contributed by atoms with van der Waals surface area (Å²) in [6.45, 7) is 14.6. The van der Waals surface area contributed by atoms with Gasteiger partial charge in [-0.15, -0.1) is 0 Å². The van der Waals surface area contributed by atoms with Crippen molar-refractivity contribution in [1.82, 2.24) is 0 Å². The average molecular weight is 337 g/mol. The van der Waals surface area contributed by atoms with E-state index in [0.29, 0.717) is 5.04 Å². The van der Waals surface area contributed by atoms with Gasteiger partial charge in [-0.25, -0.2) is 0 Å². The molecule has 0 aromatic carbocycles. The topological polar surface area (TPSA) is 9.23 Å². The van der Waals surface area contributed by atoms with E-state index in [1.807, 2.05) is 0 Å². The predicted molar refractivity (Wildman–Crippen MR) is 105 cm³/mol. The Labute approximate surface area is 146 Å². The van der Waals surface area contributed by atoms with Gasteiger partial charge in [-0.3, -0.25) is 0 Å². The summed E-state index contributed by atoms with van der Waals surface area (Å²) in [6, 6.07) is 0. The fourth-order valence-electron chi connectivity index (χ4n) is 5.45. The van der Waals surface area contributed by atoms with E-state index in [9.17, 15) is 0 Å². The highest BCUT2D eigenvalue weighted by Crippen LogP contribution is 2.60. The molecule has 0 saturated heterocycles. The third-order valence-corrected chi connectivity index (χ3v) is 13.6. The van der Waals surface area contributed by atoms with E-state index < -0.39 is 8.32 Å². The lowest BCUT2D eigenvalue weighted by Crippen LogP contribution is -2.57. The number of hydrogen-bond acceptors (Lipinski definition) is 1. The zero-order valence-corrected chi connectivity index (χ0v) is 17.3. The minimum atomic E-state index is -1.85. The Hall–Kier alpha value is -0.0831. The van der Waals surface area contributed by atoms with E-state index in [4.69, 9.17) is 4.43 Å². The first-order chi connectivity index (χ1) is 10.9. The third kappa shape index (κ3) is 4.12. The van der Waals surface area contributed by atoms with Crippen LogP contribution in [0.3, 0.4) is 0 Å². The van der Waals surface area contributed by atoms with Crippen molar-refractivity contribution in [1.29, 1.82) is 0 Å². The minimum Gasteiger partial charge on any atom is -0.412 e. The van der Waals surface area contributed by atoms with Crippen molar-refractivity contribution in [3.63, 3.8) is 0 Å². The lowest BCUT2D eigenvalue weighted by molar-refractivity contribution is 0.251. The summed E-state index contributed by atoms with van der Waals surface area (Å²) in [7, 11) is -1.85. The highest BCUT2D eigenvalue weighted by Gasteiger charge is 2.58. The van der Waals surface area contributed by atoms with Gasteiger partial charge < -0.3 is 4.43 Å². The summed E-state index contributed by atoms with van der Waals surface area (Å²) >= 11 is 0. The first kappa shape index (κ1) is 19.2. The Morgan fingerprint density at radius 3 is 1.74 bits per heavy atom. The molecule has 2 rings (SSSR count). The molecule has 0 amide bonds. The van der Waals surface area contributed by atoms with Crippen molar-refractivity contribution in [3.8, 4) is 0 Å². The van der Waals surface area contributed by atoms with Gasteiger partial charge in [0.25, 0.3) is 0 Å². The van der Waals surface area contributed by atoms with Gasteiger partial charge in [0, 0.05) is 0 Å². The molecule has 134 valence electrons. The van der Waals surface area contributed by atoms with Crippen LogP contribution >= 0.6 is 0 Å². The van der Waals surface area contributed by atoms with Gasteiger partial charge in [0.15, 0.2) is 0 Å². The molecule has 23 heavy (non-hydrogen) atoms. The van der Waals surface area contributed by atoms with Crippen LogP contribution < -0.4 is 0 Å². The Morgan fingerprint density at radius 1 is 0.957 bits per heavy atom. The van der Waals surface area contributed by atoms with E-state index in [1.165, 1.54) is 76.2 Å². The monoisotopic (exact) mass is 336 g/mol. The Bertz CT molecular complexity index is 357. The van der Waals surface area contributed by atoms with Crippen LogP contribution in [0, 0.1) is 0 Å². The zero-order chi connectivity index (χ0) is 16.9. The van der Waals surface area contributed by atoms with Gasteiger partial charge in [-0.2, -0.15) is 0 Å². The molecule has 0 aliphatic heterocycles. The van der Waals surface area contributed by atoms with Gasteiger partial charge in [-0.1, -0.05) is 104 Å². The van der Waals surface area contributed by atoms with Crippen LogP contribution in [0.15, 0.2) is 12.2 Å². The minimum absolute atomic E-state index is 0.381. The summed E-state index contributed by atoms with van der Waals surface area (Å²) in [5.74, 6) is 0. The van der Waals surface area contributed by atoms with Gasteiger partial charge >= 0.3 is 0 Å². The van der Waals surface area contributed by atoms with Crippen LogP contribution in [0.2, 0.25) is 16.1 Å². The van der Waals surface area contributed by atoms with E-state index in [1.54, 1.807) is 0 Å². The molecule has 2 saturated carbocycles. The molecule has 0 spiro atoms. The van der Waals surface area contributed by atoms with E-state index in [2.05, 4.69) is 34.3 Å².